The Hall–Kier alpha value is -0.820. The molecule has 0 spiro atoms. The fourth-order valence-electron chi connectivity index (χ4n) is 3.77. The molecule has 0 aromatic carbocycles. The first-order valence-electron chi connectivity index (χ1n) is 8.23. The lowest BCUT2D eigenvalue weighted by atomic mass is 9.78. The van der Waals surface area contributed by atoms with Crippen LogP contribution in [0.2, 0.25) is 0 Å². The lowest BCUT2D eigenvalue weighted by molar-refractivity contribution is 0.0923. The molecular weight excluding hydrogens is 349 g/mol. The highest BCUT2D eigenvalue weighted by Gasteiger charge is 2.34. The van der Waals surface area contributed by atoms with E-state index in [-0.39, 0.29) is 30.2 Å². The van der Waals surface area contributed by atoms with Crippen LogP contribution in [0.4, 0.5) is 11.8 Å². The Morgan fingerprint density at radius 2 is 1.92 bits per heavy atom. The van der Waals surface area contributed by atoms with Gasteiger partial charge in [-0.25, -0.2) is 4.98 Å². The quantitative estimate of drug-likeness (QED) is 0.704. The molecule has 0 aliphatic heterocycles. The van der Waals surface area contributed by atoms with Crippen molar-refractivity contribution >= 4 is 36.6 Å². The third-order valence-electron chi connectivity index (χ3n) is 5.12. The van der Waals surface area contributed by atoms with Crippen molar-refractivity contribution < 1.29 is 4.74 Å². The molecular formula is C16H29Cl2N5O. The van der Waals surface area contributed by atoms with Gasteiger partial charge >= 0.3 is 0 Å². The molecule has 0 amide bonds. The minimum atomic E-state index is 0. The molecule has 2 fully saturated rings. The smallest absolute Gasteiger partial charge is 0.222 e. The van der Waals surface area contributed by atoms with Crippen molar-refractivity contribution in [1.29, 1.82) is 0 Å². The molecule has 0 unspecified atom stereocenters. The van der Waals surface area contributed by atoms with Gasteiger partial charge in [-0.1, -0.05) is 12.8 Å². The number of nitrogens with one attached hydrogen (secondary N) is 1. The van der Waals surface area contributed by atoms with Gasteiger partial charge in [0.2, 0.25) is 5.95 Å². The molecule has 8 heteroatoms. The van der Waals surface area contributed by atoms with Gasteiger partial charge in [0, 0.05) is 37.1 Å². The maximum absolute atomic E-state index is 5.87. The number of nitrogen functional groups attached to an aromatic ring is 1. The van der Waals surface area contributed by atoms with Crippen molar-refractivity contribution in [2.75, 3.05) is 31.3 Å². The van der Waals surface area contributed by atoms with E-state index in [1.807, 2.05) is 6.07 Å². The van der Waals surface area contributed by atoms with Gasteiger partial charge in [0.05, 0.1) is 12.3 Å². The third kappa shape index (κ3) is 4.85. The summed E-state index contributed by atoms with van der Waals surface area (Å²) < 4.78 is 5.43. The Labute approximate surface area is 156 Å². The maximum Gasteiger partial charge on any atom is 0.222 e. The van der Waals surface area contributed by atoms with Crippen molar-refractivity contribution in [3.8, 4) is 0 Å². The Balaban J connectivity index is 0.00000144. The normalized spacial score (nSPS) is 24.4. The van der Waals surface area contributed by atoms with E-state index in [2.05, 4.69) is 15.3 Å². The highest BCUT2D eigenvalue weighted by atomic mass is 35.5. The average Bonchev–Trinajstić information content (AvgIpc) is 2.91. The van der Waals surface area contributed by atoms with Crippen LogP contribution in [0.5, 0.6) is 0 Å². The number of hydrogen-bond donors (Lipinski definition) is 3. The molecule has 2 saturated carbocycles. The van der Waals surface area contributed by atoms with Crippen LogP contribution in [0, 0.1) is 5.41 Å². The summed E-state index contributed by atoms with van der Waals surface area (Å²) in [6, 6.07) is 2.34. The number of ether oxygens (including phenoxy) is 1. The predicted molar refractivity (Wildman–Crippen MR) is 102 cm³/mol. The van der Waals surface area contributed by atoms with Gasteiger partial charge in [-0.2, -0.15) is 4.98 Å². The lowest BCUT2D eigenvalue weighted by Gasteiger charge is -2.32. The highest BCUT2D eigenvalue weighted by molar-refractivity contribution is 5.85. The zero-order valence-corrected chi connectivity index (χ0v) is 15.8. The van der Waals surface area contributed by atoms with E-state index in [1.165, 1.54) is 25.7 Å². The molecule has 6 nitrogen and oxygen atoms in total. The summed E-state index contributed by atoms with van der Waals surface area (Å²) in [5, 5.41) is 3.47. The first-order valence-corrected chi connectivity index (χ1v) is 8.23. The van der Waals surface area contributed by atoms with Crippen molar-refractivity contribution in [3.05, 3.63) is 11.8 Å². The Bertz CT molecular complexity index is 519. The molecule has 2 aliphatic carbocycles. The highest BCUT2D eigenvalue weighted by Crippen LogP contribution is 2.39. The fraction of sp³-hybridized carbons (Fsp3) is 0.750. The van der Waals surface area contributed by atoms with Gasteiger partial charge in [-0.3, -0.25) is 0 Å². The van der Waals surface area contributed by atoms with Gasteiger partial charge in [0.25, 0.3) is 0 Å². The summed E-state index contributed by atoms with van der Waals surface area (Å²) in [6.07, 6.45) is 6.95. The standard InChI is InChI=1S/C16H27N5O.2ClH/c1-22-10-16(4-2-3-5-16)9-19-14-8-13(20-15(18)21-14)11-6-12(17)7-11;;/h8,11-12H,2-7,9-10,17H2,1H3,(H3,18,19,20,21);2*1H. The van der Waals surface area contributed by atoms with E-state index < -0.39 is 0 Å². The second-order valence-corrected chi connectivity index (χ2v) is 6.96. The van der Waals surface area contributed by atoms with Crippen LogP contribution in [0.1, 0.15) is 50.1 Å². The van der Waals surface area contributed by atoms with E-state index in [0.717, 1.165) is 37.5 Å². The lowest BCUT2D eigenvalue weighted by Crippen LogP contribution is -2.35. The van der Waals surface area contributed by atoms with Crippen LogP contribution in [0.15, 0.2) is 6.07 Å². The second kappa shape index (κ2) is 9.04. The molecule has 0 saturated heterocycles. The van der Waals surface area contributed by atoms with Crippen LogP contribution in [0.3, 0.4) is 0 Å². The number of rotatable bonds is 6. The Morgan fingerprint density at radius 1 is 1.25 bits per heavy atom. The summed E-state index contributed by atoms with van der Waals surface area (Å²) >= 11 is 0. The van der Waals surface area contributed by atoms with Crippen molar-refractivity contribution in [3.63, 3.8) is 0 Å². The van der Waals surface area contributed by atoms with E-state index in [4.69, 9.17) is 16.2 Å². The molecule has 3 rings (SSSR count). The third-order valence-corrected chi connectivity index (χ3v) is 5.12. The van der Waals surface area contributed by atoms with Gasteiger partial charge in [-0.05, 0) is 25.7 Å². The molecule has 2 aliphatic rings. The van der Waals surface area contributed by atoms with E-state index in [1.54, 1.807) is 7.11 Å². The Kier molecular flexibility index (Phi) is 7.99. The van der Waals surface area contributed by atoms with Crippen LogP contribution in [-0.2, 0) is 4.74 Å². The average molecular weight is 378 g/mol. The summed E-state index contributed by atoms with van der Waals surface area (Å²) in [6.45, 7) is 1.67. The van der Waals surface area contributed by atoms with Crippen LogP contribution < -0.4 is 16.8 Å². The zero-order chi connectivity index (χ0) is 15.6. The number of nitrogens with two attached hydrogens (primary N) is 2. The zero-order valence-electron chi connectivity index (χ0n) is 14.2. The minimum Gasteiger partial charge on any atom is -0.384 e. The molecule has 0 bridgehead atoms. The van der Waals surface area contributed by atoms with Crippen LogP contribution in [0.25, 0.3) is 0 Å². The predicted octanol–water partition coefficient (Wildman–Crippen LogP) is 2.73. The molecule has 0 atom stereocenters. The van der Waals surface area contributed by atoms with E-state index >= 15 is 0 Å². The SMILES string of the molecule is COCC1(CNc2cc(C3CC(N)C3)nc(N)n2)CCCC1.Cl.Cl. The first kappa shape index (κ1) is 21.2. The number of aromatic nitrogens is 2. The second-order valence-electron chi connectivity index (χ2n) is 6.96. The van der Waals surface area contributed by atoms with Crippen LogP contribution >= 0.6 is 24.8 Å². The summed E-state index contributed by atoms with van der Waals surface area (Å²) in [5.74, 6) is 1.60. The van der Waals surface area contributed by atoms with Crippen molar-refractivity contribution in [2.24, 2.45) is 11.1 Å². The maximum atomic E-state index is 5.87. The fourth-order valence-corrected chi connectivity index (χ4v) is 3.77. The molecule has 1 aromatic heterocycles. The largest absolute Gasteiger partial charge is 0.384 e. The molecule has 5 N–H and O–H groups in total. The van der Waals surface area contributed by atoms with Gasteiger partial charge in [-0.15, -0.1) is 24.8 Å². The van der Waals surface area contributed by atoms with E-state index in [0.29, 0.717) is 17.9 Å². The number of hydrogen-bond acceptors (Lipinski definition) is 6. The summed E-state index contributed by atoms with van der Waals surface area (Å²) in [5.41, 5.74) is 13.0. The van der Waals surface area contributed by atoms with Gasteiger partial charge in [0.15, 0.2) is 0 Å². The molecule has 138 valence electrons. The monoisotopic (exact) mass is 377 g/mol. The van der Waals surface area contributed by atoms with Crippen LogP contribution in [-0.4, -0.2) is 36.3 Å². The van der Waals surface area contributed by atoms with E-state index in [9.17, 15) is 0 Å². The number of halogens is 2. The number of methoxy groups -OCH3 is 1. The summed E-state index contributed by atoms with van der Waals surface area (Å²) in [4.78, 5) is 8.70. The van der Waals surface area contributed by atoms with Crippen molar-refractivity contribution in [2.45, 2.75) is 50.5 Å². The summed E-state index contributed by atoms with van der Waals surface area (Å²) in [7, 11) is 1.78. The molecule has 24 heavy (non-hydrogen) atoms. The number of anilines is 2. The van der Waals surface area contributed by atoms with Gasteiger partial charge < -0.3 is 21.5 Å². The van der Waals surface area contributed by atoms with Crippen molar-refractivity contribution in [1.82, 2.24) is 9.97 Å². The topological polar surface area (TPSA) is 99.1 Å². The number of nitrogens with zero attached hydrogens (tertiary/aromatic N) is 2. The van der Waals surface area contributed by atoms with Gasteiger partial charge in [0.1, 0.15) is 5.82 Å². The molecule has 0 radical (unpaired) electrons. The first-order chi connectivity index (χ1) is 10.6. The molecule has 1 aromatic rings. The molecule has 1 heterocycles. The minimum absolute atomic E-state index is 0. The Morgan fingerprint density at radius 3 is 2.50 bits per heavy atom.